The van der Waals surface area contributed by atoms with E-state index in [9.17, 15) is 9.59 Å². The van der Waals surface area contributed by atoms with Crippen LogP contribution in [-0.4, -0.2) is 30.4 Å². The molecule has 0 aliphatic carbocycles. The highest BCUT2D eigenvalue weighted by molar-refractivity contribution is 6.03. The van der Waals surface area contributed by atoms with Gasteiger partial charge in [0, 0.05) is 43.2 Å². The molecule has 0 fully saturated rings. The molecule has 0 aliphatic rings. The second-order valence-corrected chi connectivity index (χ2v) is 4.24. The van der Waals surface area contributed by atoms with Crippen LogP contribution in [-0.2, 0) is 0 Å². The van der Waals surface area contributed by atoms with Gasteiger partial charge in [0.15, 0.2) is 17.1 Å². The lowest BCUT2D eigenvalue weighted by atomic mass is 10.2. The van der Waals surface area contributed by atoms with Crippen molar-refractivity contribution in [2.45, 2.75) is 0 Å². The largest absolute Gasteiger partial charge is 0.306 e. The van der Waals surface area contributed by atoms with Crippen molar-refractivity contribution in [3.05, 3.63) is 71.4 Å². The molecule has 3 aromatic heterocycles. The molecule has 1 amide bonds. The molecule has 8 nitrogen and oxygen atoms in total. The van der Waals surface area contributed by atoms with Crippen molar-refractivity contribution in [1.29, 1.82) is 0 Å². The first-order chi connectivity index (χ1) is 10.7. The van der Waals surface area contributed by atoms with Gasteiger partial charge in [-0.1, -0.05) is 0 Å². The first-order valence-electron chi connectivity index (χ1n) is 6.30. The van der Waals surface area contributed by atoms with Crippen molar-refractivity contribution < 1.29 is 4.79 Å². The van der Waals surface area contributed by atoms with Crippen LogP contribution < -0.4 is 10.7 Å². The second-order valence-electron chi connectivity index (χ2n) is 4.24. The molecule has 0 spiro atoms. The Morgan fingerprint density at radius 1 is 1.05 bits per heavy atom. The van der Waals surface area contributed by atoms with E-state index in [2.05, 4.69) is 25.3 Å². The van der Waals surface area contributed by atoms with E-state index in [4.69, 9.17) is 0 Å². The van der Waals surface area contributed by atoms with E-state index >= 15 is 0 Å². The van der Waals surface area contributed by atoms with Crippen molar-refractivity contribution in [3.8, 4) is 5.82 Å². The van der Waals surface area contributed by atoms with E-state index in [1.807, 2.05) is 0 Å². The average molecular weight is 294 g/mol. The van der Waals surface area contributed by atoms with Gasteiger partial charge in [-0.05, 0) is 0 Å². The summed E-state index contributed by atoms with van der Waals surface area (Å²) in [4.78, 5) is 39.9. The number of carbonyl (C=O) groups excluding carboxylic acids is 1. The Morgan fingerprint density at radius 3 is 2.50 bits per heavy atom. The Kier molecular flexibility index (Phi) is 3.65. The van der Waals surface area contributed by atoms with E-state index in [1.165, 1.54) is 55.6 Å². The Bertz CT molecular complexity index is 848. The quantitative estimate of drug-likeness (QED) is 0.761. The standard InChI is InChI=1S/C14H10N6O2/c21-11-1-6-20(13-8-16-3-5-18-13)9-10(11)14(22)19-12-7-15-2-4-17-12/h1-9H,(H,17,19,22). The minimum Gasteiger partial charge on any atom is -0.306 e. The smallest absolute Gasteiger partial charge is 0.262 e. The van der Waals surface area contributed by atoms with Gasteiger partial charge in [-0.25, -0.2) is 9.97 Å². The van der Waals surface area contributed by atoms with Crippen LogP contribution >= 0.6 is 0 Å². The van der Waals surface area contributed by atoms with E-state index in [0.29, 0.717) is 5.82 Å². The zero-order chi connectivity index (χ0) is 15.4. The zero-order valence-electron chi connectivity index (χ0n) is 11.2. The topological polar surface area (TPSA) is 103 Å². The maximum atomic E-state index is 12.2. The van der Waals surface area contributed by atoms with Gasteiger partial charge in [0.05, 0.1) is 12.4 Å². The van der Waals surface area contributed by atoms with Crippen LogP contribution in [0.1, 0.15) is 10.4 Å². The molecule has 1 N–H and O–H groups in total. The van der Waals surface area contributed by atoms with E-state index < -0.39 is 11.3 Å². The van der Waals surface area contributed by atoms with Gasteiger partial charge in [0.2, 0.25) is 0 Å². The third kappa shape index (κ3) is 2.85. The predicted molar refractivity (Wildman–Crippen MR) is 77.6 cm³/mol. The number of pyridine rings is 1. The molecule has 8 heteroatoms. The van der Waals surface area contributed by atoms with Gasteiger partial charge < -0.3 is 9.88 Å². The molecular formula is C14H10N6O2. The van der Waals surface area contributed by atoms with E-state index in [0.717, 1.165) is 0 Å². The van der Waals surface area contributed by atoms with Crippen LogP contribution in [0, 0.1) is 0 Å². The van der Waals surface area contributed by atoms with Gasteiger partial charge in [0.25, 0.3) is 5.91 Å². The van der Waals surface area contributed by atoms with Crippen LogP contribution in [0.5, 0.6) is 0 Å². The molecule has 0 radical (unpaired) electrons. The third-order valence-electron chi connectivity index (χ3n) is 2.78. The van der Waals surface area contributed by atoms with E-state index in [-0.39, 0.29) is 11.4 Å². The lowest BCUT2D eigenvalue weighted by Crippen LogP contribution is -2.23. The molecule has 108 valence electrons. The molecule has 3 rings (SSSR count). The van der Waals surface area contributed by atoms with Gasteiger partial charge in [-0.15, -0.1) is 0 Å². The molecule has 0 aromatic carbocycles. The fourth-order valence-electron chi connectivity index (χ4n) is 1.77. The Morgan fingerprint density at radius 2 is 1.82 bits per heavy atom. The fraction of sp³-hybridized carbons (Fsp3) is 0. The van der Waals surface area contributed by atoms with Crippen molar-refractivity contribution in [3.63, 3.8) is 0 Å². The molecule has 0 bridgehead atoms. The Balaban J connectivity index is 1.93. The summed E-state index contributed by atoms with van der Waals surface area (Å²) in [5.74, 6) is 0.196. The van der Waals surface area contributed by atoms with Gasteiger partial charge in [-0.2, -0.15) is 0 Å². The lowest BCUT2D eigenvalue weighted by Gasteiger charge is -2.07. The maximum absolute atomic E-state index is 12.2. The number of hydrogen-bond donors (Lipinski definition) is 1. The number of anilines is 1. The molecule has 0 atom stereocenters. The maximum Gasteiger partial charge on any atom is 0.262 e. The van der Waals surface area contributed by atoms with Crippen LogP contribution in [0.3, 0.4) is 0 Å². The zero-order valence-corrected chi connectivity index (χ0v) is 11.2. The second kappa shape index (κ2) is 5.92. The molecule has 0 saturated heterocycles. The highest BCUT2D eigenvalue weighted by atomic mass is 16.2. The monoisotopic (exact) mass is 294 g/mol. The highest BCUT2D eigenvalue weighted by Crippen LogP contribution is 2.04. The number of rotatable bonds is 3. The number of amides is 1. The number of hydrogen-bond acceptors (Lipinski definition) is 6. The summed E-state index contributed by atoms with van der Waals surface area (Å²) in [5, 5.41) is 2.52. The Hall–Kier alpha value is -3.42. The van der Waals surface area contributed by atoms with Crippen LogP contribution in [0.25, 0.3) is 5.82 Å². The number of carbonyl (C=O) groups is 1. The molecule has 0 aliphatic heterocycles. The summed E-state index contributed by atoms with van der Waals surface area (Å²) in [6.07, 6.45) is 11.8. The third-order valence-corrected chi connectivity index (χ3v) is 2.78. The first-order valence-corrected chi connectivity index (χ1v) is 6.30. The van der Waals surface area contributed by atoms with Crippen molar-refractivity contribution in [2.24, 2.45) is 0 Å². The molecule has 3 heterocycles. The van der Waals surface area contributed by atoms with Crippen LogP contribution in [0.15, 0.2) is 60.4 Å². The van der Waals surface area contributed by atoms with E-state index in [1.54, 1.807) is 4.57 Å². The van der Waals surface area contributed by atoms with Crippen LogP contribution in [0.2, 0.25) is 0 Å². The Labute approximate surface area is 124 Å². The van der Waals surface area contributed by atoms with Gasteiger partial charge in [0.1, 0.15) is 5.56 Å². The lowest BCUT2D eigenvalue weighted by molar-refractivity contribution is 0.102. The summed E-state index contributed by atoms with van der Waals surface area (Å²) < 4.78 is 1.54. The number of aromatic nitrogens is 5. The highest BCUT2D eigenvalue weighted by Gasteiger charge is 2.12. The van der Waals surface area contributed by atoms with Gasteiger partial charge >= 0.3 is 0 Å². The summed E-state index contributed by atoms with van der Waals surface area (Å²) in [7, 11) is 0. The minimum absolute atomic E-state index is 0.0289. The predicted octanol–water partition coefficient (Wildman–Crippen LogP) is 0.670. The summed E-state index contributed by atoms with van der Waals surface area (Å²) >= 11 is 0. The van der Waals surface area contributed by atoms with Crippen molar-refractivity contribution in [2.75, 3.05) is 5.32 Å². The molecular weight excluding hydrogens is 284 g/mol. The summed E-state index contributed by atoms with van der Waals surface area (Å²) in [6, 6.07) is 1.29. The molecule has 3 aromatic rings. The first kappa shape index (κ1) is 13.6. The fourth-order valence-corrected chi connectivity index (χ4v) is 1.77. The minimum atomic E-state index is -0.566. The summed E-state index contributed by atoms with van der Waals surface area (Å²) in [5.41, 5.74) is -0.430. The number of nitrogens with one attached hydrogen (secondary N) is 1. The number of nitrogens with zero attached hydrogens (tertiary/aromatic N) is 5. The van der Waals surface area contributed by atoms with Crippen molar-refractivity contribution >= 4 is 11.7 Å². The van der Waals surface area contributed by atoms with Crippen LogP contribution in [0.4, 0.5) is 5.82 Å². The van der Waals surface area contributed by atoms with Gasteiger partial charge in [-0.3, -0.25) is 19.6 Å². The average Bonchev–Trinajstić information content (AvgIpc) is 2.57. The summed E-state index contributed by atoms with van der Waals surface area (Å²) in [6.45, 7) is 0. The SMILES string of the molecule is O=C(Nc1cnccn1)c1cn(-c2cnccn2)ccc1=O. The normalized spacial score (nSPS) is 10.2. The molecule has 0 saturated carbocycles. The molecule has 0 unspecified atom stereocenters. The van der Waals surface area contributed by atoms with Crippen molar-refractivity contribution in [1.82, 2.24) is 24.5 Å². The molecule has 22 heavy (non-hydrogen) atoms.